The molecule has 0 aromatic rings. The summed E-state index contributed by atoms with van der Waals surface area (Å²) < 4.78 is 22.8. The van der Waals surface area contributed by atoms with Crippen LogP contribution in [0.25, 0.3) is 0 Å². The molecule has 0 aromatic carbocycles. The van der Waals surface area contributed by atoms with Crippen LogP contribution in [0, 0.1) is 0 Å². The molecule has 2 atom stereocenters. The maximum atomic E-state index is 13.0. The zero-order chi connectivity index (χ0) is 76.0. The van der Waals surface area contributed by atoms with Gasteiger partial charge in [-0.3, -0.25) is 9.59 Å². The molecule has 0 rings (SSSR count). The predicted octanol–water partition coefficient (Wildman–Crippen LogP) is 26.5. The minimum Gasteiger partial charge on any atom is -0.545 e. The van der Waals surface area contributed by atoms with Crippen molar-refractivity contribution in [2.45, 2.75) is 334 Å². The lowest BCUT2D eigenvalue weighted by Gasteiger charge is -2.26. The maximum absolute atomic E-state index is 13.0. The number of hydrogen-bond donors (Lipinski definition) is 0. The van der Waals surface area contributed by atoms with Crippen molar-refractivity contribution < 1.29 is 42.9 Å². The Morgan fingerprint density at radius 3 is 0.762 bits per heavy atom. The molecule has 0 aliphatic rings. The van der Waals surface area contributed by atoms with Gasteiger partial charge in [0.25, 0.3) is 0 Å². The summed E-state index contributed by atoms with van der Waals surface area (Å²) in [6, 6.07) is 0. The first-order valence-corrected chi connectivity index (χ1v) is 42.2. The Kier molecular flexibility index (Phi) is 78.6. The van der Waals surface area contributed by atoms with E-state index in [1.165, 1.54) is 135 Å². The minimum absolute atomic E-state index is 0.134. The highest BCUT2D eigenvalue weighted by Crippen LogP contribution is 2.18. The van der Waals surface area contributed by atoms with Gasteiger partial charge in [-0.05, 0) is 148 Å². The van der Waals surface area contributed by atoms with Crippen LogP contribution in [0.3, 0.4) is 0 Å². The Hall–Kier alpha value is -6.13. The highest BCUT2D eigenvalue weighted by atomic mass is 16.7. The summed E-state index contributed by atoms with van der Waals surface area (Å²) >= 11 is 0. The number of rotatable bonds is 76. The Labute approximate surface area is 645 Å². The van der Waals surface area contributed by atoms with Gasteiger partial charge in [-0.25, -0.2) is 0 Å². The lowest BCUT2D eigenvalue weighted by Crippen LogP contribution is -2.44. The highest BCUT2D eigenvalue weighted by Gasteiger charge is 2.22. The molecule has 0 saturated heterocycles. The van der Waals surface area contributed by atoms with Crippen LogP contribution in [-0.2, 0) is 33.3 Å². The second-order valence-corrected chi connectivity index (χ2v) is 28.7. The maximum Gasteiger partial charge on any atom is 0.306 e. The van der Waals surface area contributed by atoms with Gasteiger partial charge in [-0.1, -0.05) is 368 Å². The number of carboxylic acids is 1. The largest absolute Gasteiger partial charge is 0.545 e. The van der Waals surface area contributed by atoms with Crippen molar-refractivity contribution >= 4 is 17.9 Å². The number of allylic oxidation sites excluding steroid dienone is 34. The number of carbonyl (C=O) groups is 3. The Morgan fingerprint density at radius 2 is 0.514 bits per heavy atom. The smallest absolute Gasteiger partial charge is 0.306 e. The molecule has 105 heavy (non-hydrogen) atoms. The average molecular weight is 1450 g/mol. The van der Waals surface area contributed by atoms with Gasteiger partial charge in [0.2, 0.25) is 0 Å². The highest BCUT2D eigenvalue weighted by molar-refractivity contribution is 5.70. The van der Waals surface area contributed by atoms with Gasteiger partial charge in [-0.2, -0.15) is 0 Å². The van der Waals surface area contributed by atoms with Crippen molar-refractivity contribution in [1.29, 1.82) is 0 Å². The van der Waals surface area contributed by atoms with E-state index in [1.807, 2.05) is 21.1 Å². The van der Waals surface area contributed by atoms with E-state index in [-0.39, 0.29) is 38.6 Å². The standard InChI is InChI=1S/C96H155NO8/c1-6-8-10-12-14-16-18-20-22-24-26-28-30-32-34-36-38-40-42-44-46-47-49-51-53-55-57-59-61-63-65-67-69-71-73-75-77-79-81-83-85-87-94(99)105-92(91-104-96(95(100)101)102-89-88-97(3,4)5)90-103-93(98)86-84-82-80-78-76-74-72-70-68-66-64-62-60-58-56-54-52-50-48-45-43-41-39-37-35-33-31-29-27-25-23-21-19-17-15-13-11-9-7-2/h8-11,14-17,20-23,26-29,32-35,38,40,44,46,49,51,55,57,61,63,67,69,73,75,92,96H,6-7,12-13,18-19,24-25,30-31,36-37,39,41-43,45,47-48,50,52-54,56,58-60,62,64-66,68,70-72,74,76-91H2,1-5H3/b10-8-,11-9-,16-14-,17-15-,22-20-,23-21-,28-26-,29-27-,34-32-,35-33-,40-38-,46-44-,51-49-,57-55-,63-61-,69-67-,75-73-. The molecular weight excluding hydrogens is 1300 g/mol. The number of quaternary nitrogens is 1. The van der Waals surface area contributed by atoms with Gasteiger partial charge in [0.1, 0.15) is 13.2 Å². The Balaban J connectivity index is 4.11. The Morgan fingerprint density at radius 1 is 0.286 bits per heavy atom. The summed E-state index contributed by atoms with van der Waals surface area (Å²) in [6.07, 6.45) is 127. The number of unbranched alkanes of at least 4 members (excludes halogenated alkanes) is 27. The zero-order valence-electron chi connectivity index (χ0n) is 67.8. The molecule has 0 aliphatic heterocycles. The van der Waals surface area contributed by atoms with Gasteiger partial charge < -0.3 is 33.3 Å². The number of ether oxygens (including phenoxy) is 4. The Bertz CT molecular complexity index is 2500. The van der Waals surface area contributed by atoms with E-state index in [9.17, 15) is 19.5 Å². The van der Waals surface area contributed by atoms with E-state index in [1.54, 1.807) is 0 Å². The first-order valence-electron chi connectivity index (χ1n) is 42.2. The minimum atomic E-state index is -1.64. The predicted molar refractivity (Wildman–Crippen MR) is 453 cm³/mol. The van der Waals surface area contributed by atoms with Crippen LogP contribution in [0.4, 0.5) is 0 Å². The molecule has 0 saturated carbocycles. The number of nitrogens with zero attached hydrogens (tertiary/aromatic N) is 1. The SMILES string of the molecule is CC/C=C\C/C=C\C/C=C\C/C=C\C/C=C\C/C=C\C/C=C\C/C=C\C/C=C\C/C=C\C/C=C\C/C=C\CCCCCCC(=O)OC(COC(=O)CCCCCCCCCCCCCCCCCCCCCCCCC/C=C\C/C=C\C/C=C\C/C=C\C/C=C\CC)COC(OCC[N+](C)(C)C)C(=O)[O-]. The van der Waals surface area contributed by atoms with Crippen molar-refractivity contribution in [3.63, 3.8) is 0 Å². The van der Waals surface area contributed by atoms with Gasteiger partial charge in [0.15, 0.2) is 12.4 Å². The fraction of sp³-hybridized carbons (Fsp3) is 0.615. The fourth-order valence-corrected chi connectivity index (χ4v) is 11.2. The summed E-state index contributed by atoms with van der Waals surface area (Å²) in [5, 5.41) is 11.9. The molecule has 0 amide bonds. The van der Waals surface area contributed by atoms with Crippen molar-refractivity contribution in [3.05, 3.63) is 207 Å². The van der Waals surface area contributed by atoms with E-state index in [2.05, 4.69) is 220 Å². The molecule has 9 heteroatoms. The number of aliphatic carboxylic acids is 1. The van der Waals surface area contributed by atoms with Crippen LogP contribution in [0.5, 0.6) is 0 Å². The number of likely N-dealkylation sites (N-methyl/N-ethyl adjacent to an activating group) is 1. The number of carbonyl (C=O) groups excluding carboxylic acids is 3. The van der Waals surface area contributed by atoms with E-state index in [0.717, 1.165) is 154 Å². The van der Waals surface area contributed by atoms with Crippen molar-refractivity contribution in [1.82, 2.24) is 0 Å². The lowest BCUT2D eigenvalue weighted by atomic mass is 10.0. The monoisotopic (exact) mass is 1450 g/mol. The second-order valence-electron chi connectivity index (χ2n) is 28.7. The van der Waals surface area contributed by atoms with Gasteiger partial charge in [0.05, 0.1) is 40.3 Å². The first kappa shape index (κ1) is 98.9. The number of carboxylic acid groups (broad SMARTS) is 1. The van der Waals surface area contributed by atoms with Crippen molar-refractivity contribution in [2.24, 2.45) is 0 Å². The third kappa shape index (κ3) is 85.0. The summed E-state index contributed by atoms with van der Waals surface area (Å²) in [5.41, 5.74) is 0. The second kappa shape index (κ2) is 83.5. The third-order valence-corrected chi connectivity index (χ3v) is 17.5. The van der Waals surface area contributed by atoms with E-state index in [4.69, 9.17) is 18.9 Å². The van der Waals surface area contributed by atoms with Gasteiger partial charge in [-0.15, -0.1) is 0 Å². The first-order chi connectivity index (χ1) is 51.6. The molecule has 2 unspecified atom stereocenters. The van der Waals surface area contributed by atoms with Gasteiger partial charge in [0, 0.05) is 12.8 Å². The molecular formula is C96H155NO8. The average Bonchev–Trinajstić information content (AvgIpc) is 1.18. The topological polar surface area (TPSA) is 111 Å². The normalized spacial score (nSPS) is 13.7. The van der Waals surface area contributed by atoms with E-state index < -0.39 is 24.3 Å². The summed E-state index contributed by atoms with van der Waals surface area (Å²) in [7, 11) is 5.92. The summed E-state index contributed by atoms with van der Waals surface area (Å²) in [6.45, 7) is 4.49. The van der Waals surface area contributed by atoms with Gasteiger partial charge >= 0.3 is 11.9 Å². The summed E-state index contributed by atoms with van der Waals surface area (Å²) in [4.78, 5) is 37.6. The molecule has 0 spiro atoms. The third-order valence-electron chi connectivity index (χ3n) is 17.5. The molecule has 0 fully saturated rings. The molecule has 0 aromatic heterocycles. The van der Waals surface area contributed by atoms with Crippen LogP contribution < -0.4 is 5.11 Å². The molecule has 0 radical (unpaired) electrons. The van der Waals surface area contributed by atoms with E-state index in [0.29, 0.717) is 17.4 Å². The molecule has 0 heterocycles. The quantitative estimate of drug-likeness (QED) is 0.0195. The molecule has 9 nitrogen and oxygen atoms in total. The zero-order valence-corrected chi connectivity index (χ0v) is 67.8. The molecule has 592 valence electrons. The van der Waals surface area contributed by atoms with Crippen LogP contribution in [0.15, 0.2) is 207 Å². The molecule has 0 aliphatic carbocycles. The van der Waals surface area contributed by atoms with Crippen molar-refractivity contribution in [3.8, 4) is 0 Å². The fourth-order valence-electron chi connectivity index (χ4n) is 11.2. The number of esters is 2. The van der Waals surface area contributed by atoms with Crippen LogP contribution in [0.2, 0.25) is 0 Å². The van der Waals surface area contributed by atoms with E-state index >= 15 is 0 Å². The molecule has 0 N–H and O–H groups in total. The molecule has 0 bridgehead atoms. The number of hydrogen-bond acceptors (Lipinski definition) is 8. The summed E-state index contributed by atoms with van der Waals surface area (Å²) in [5.74, 6) is -2.32. The van der Waals surface area contributed by atoms with Crippen molar-refractivity contribution in [2.75, 3.05) is 47.5 Å². The lowest BCUT2D eigenvalue weighted by molar-refractivity contribution is -0.870. The van der Waals surface area contributed by atoms with Crippen LogP contribution in [-0.4, -0.2) is 82.3 Å². The van der Waals surface area contributed by atoms with Crippen LogP contribution in [0.1, 0.15) is 322 Å². The van der Waals surface area contributed by atoms with Crippen LogP contribution >= 0.6 is 0 Å².